The summed E-state index contributed by atoms with van der Waals surface area (Å²) in [5.41, 5.74) is 10.1. The van der Waals surface area contributed by atoms with E-state index in [1.54, 1.807) is 6.92 Å². The van der Waals surface area contributed by atoms with Crippen LogP contribution in [0.3, 0.4) is 0 Å². The van der Waals surface area contributed by atoms with Crippen LogP contribution in [0, 0.1) is 19.8 Å². The predicted molar refractivity (Wildman–Crippen MR) is 142 cm³/mol. The molecule has 0 aliphatic carbocycles. The first-order valence-electron chi connectivity index (χ1n) is 12.2. The van der Waals surface area contributed by atoms with E-state index in [9.17, 15) is 4.79 Å². The Morgan fingerprint density at radius 3 is 2.18 bits per heavy atom. The smallest absolute Gasteiger partial charge is 0.159 e. The Kier molecular flexibility index (Phi) is 7.33. The molecule has 0 unspecified atom stereocenters. The van der Waals surface area contributed by atoms with Gasteiger partial charge in [0.05, 0.1) is 12.7 Å². The maximum Gasteiger partial charge on any atom is 0.159 e. The number of Topliss-reactive ketones (excluding diaryl/α,β-unsaturated/α-hetero) is 1. The third kappa shape index (κ3) is 5.48. The third-order valence-electron chi connectivity index (χ3n) is 6.86. The van der Waals surface area contributed by atoms with Crippen molar-refractivity contribution in [3.8, 4) is 22.3 Å². The van der Waals surface area contributed by atoms with Gasteiger partial charge in [0, 0.05) is 16.9 Å². The number of hydrogen-bond acceptors (Lipinski definition) is 3. The van der Waals surface area contributed by atoms with Gasteiger partial charge in [0.25, 0.3) is 0 Å². The monoisotopic (exact) mass is 453 g/mol. The maximum atomic E-state index is 11.5. The van der Waals surface area contributed by atoms with Gasteiger partial charge in [0.1, 0.15) is 0 Å². The van der Waals surface area contributed by atoms with Gasteiger partial charge < -0.3 is 10.1 Å². The van der Waals surface area contributed by atoms with Crippen molar-refractivity contribution in [1.29, 1.82) is 0 Å². The molecule has 0 radical (unpaired) electrons. The van der Waals surface area contributed by atoms with Crippen LogP contribution in [0.4, 0.5) is 5.69 Å². The summed E-state index contributed by atoms with van der Waals surface area (Å²) in [6.45, 7) is 13.2. The van der Waals surface area contributed by atoms with Crippen LogP contribution in [0.2, 0.25) is 0 Å². The number of benzene rings is 3. The Labute approximate surface area is 203 Å². The minimum atomic E-state index is 0.0898. The number of allylic oxidation sites excluding steroid dienone is 1. The number of anilines is 1. The lowest BCUT2D eigenvalue weighted by Crippen LogP contribution is -2.08. The highest BCUT2D eigenvalue weighted by Gasteiger charge is 2.24. The number of aryl methyl sites for hydroxylation is 2. The second-order valence-corrected chi connectivity index (χ2v) is 9.59. The van der Waals surface area contributed by atoms with Crippen molar-refractivity contribution < 1.29 is 9.53 Å². The van der Waals surface area contributed by atoms with Gasteiger partial charge in [-0.25, -0.2) is 0 Å². The largest absolute Gasteiger partial charge is 0.378 e. The van der Waals surface area contributed by atoms with E-state index in [-0.39, 0.29) is 5.78 Å². The molecule has 1 saturated heterocycles. The Hall–Kier alpha value is -3.17. The fraction of sp³-hybridized carbons (Fsp3) is 0.323. The van der Waals surface area contributed by atoms with E-state index in [1.807, 2.05) is 24.3 Å². The van der Waals surface area contributed by atoms with Crippen LogP contribution in [0.1, 0.15) is 54.6 Å². The van der Waals surface area contributed by atoms with Gasteiger partial charge in [0.2, 0.25) is 0 Å². The van der Waals surface area contributed by atoms with E-state index >= 15 is 0 Å². The summed E-state index contributed by atoms with van der Waals surface area (Å²) >= 11 is 0. The van der Waals surface area contributed by atoms with Crippen molar-refractivity contribution in [2.75, 3.05) is 11.9 Å². The summed E-state index contributed by atoms with van der Waals surface area (Å²) in [6.07, 6.45) is 3.58. The number of ketones is 1. The first kappa shape index (κ1) is 24.0. The zero-order chi connectivity index (χ0) is 24.2. The molecule has 1 fully saturated rings. The van der Waals surface area contributed by atoms with E-state index in [0.717, 1.165) is 53.9 Å². The van der Waals surface area contributed by atoms with Crippen molar-refractivity contribution in [1.82, 2.24) is 0 Å². The van der Waals surface area contributed by atoms with E-state index in [4.69, 9.17) is 4.74 Å². The molecule has 0 saturated carbocycles. The molecule has 0 aromatic heterocycles. The van der Waals surface area contributed by atoms with Crippen LogP contribution in [-0.2, 0) is 4.74 Å². The van der Waals surface area contributed by atoms with Crippen LogP contribution in [0.5, 0.6) is 0 Å². The standard InChI is InChI=1S/C31H35NO2/c1-6-29-18-24(19-34-29)17-22(4)32-31-16-20(2)30(15-21(31)3)28-13-11-27(12-14-28)26-9-7-25(8-10-26)23(5)33/h7-16,24,29,32H,4,6,17-19H2,1-3,5H3/t24-,29+/m0/s1. The zero-order valence-corrected chi connectivity index (χ0v) is 20.8. The van der Waals surface area contributed by atoms with Gasteiger partial charge in [0.15, 0.2) is 5.78 Å². The van der Waals surface area contributed by atoms with E-state index < -0.39 is 0 Å². The van der Waals surface area contributed by atoms with Crippen LogP contribution in [0.25, 0.3) is 22.3 Å². The van der Waals surface area contributed by atoms with Gasteiger partial charge in [-0.15, -0.1) is 0 Å². The molecule has 3 nitrogen and oxygen atoms in total. The molecule has 1 aliphatic heterocycles. The summed E-state index contributed by atoms with van der Waals surface area (Å²) in [4.78, 5) is 11.5. The zero-order valence-electron chi connectivity index (χ0n) is 20.8. The lowest BCUT2D eigenvalue weighted by molar-refractivity contribution is 0.101. The van der Waals surface area contributed by atoms with Crippen molar-refractivity contribution in [3.63, 3.8) is 0 Å². The first-order chi connectivity index (χ1) is 16.3. The number of carbonyl (C=O) groups is 1. The lowest BCUT2D eigenvalue weighted by atomic mass is 9.94. The molecule has 1 N–H and O–H groups in total. The molecule has 3 aromatic carbocycles. The fourth-order valence-corrected chi connectivity index (χ4v) is 4.80. The number of carbonyl (C=O) groups excluding carboxylic acids is 1. The van der Waals surface area contributed by atoms with E-state index in [0.29, 0.717) is 12.0 Å². The second kappa shape index (κ2) is 10.4. The third-order valence-corrected chi connectivity index (χ3v) is 6.86. The molecular formula is C31H35NO2. The quantitative estimate of drug-likeness (QED) is 0.351. The van der Waals surface area contributed by atoms with Crippen LogP contribution >= 0.6 is 0 Å². The average Bonchev–Trinajstić information content (AvgIpc) is 3.29. The highest BCUT2D eigenvalue weighted by molar-refractivity contribution is 5.94. The van der Waals surface area contributed by atoms with Crippen molar-refractivity contribution in [2.45, 2.75) is 53.1 Å². The van der Waals surface area contributed by atoms with Gasteiger partial charge >= 0.3 is 0 Å². The summed E-state index contributed by atoms with van der Waals surface area (Å²) < 4.78 is 5.84. The molecule has 34 heavy (non-hydrogen) atoms. The normalized spacial score (nSPS) is 17.5. The number of hydrogen-bond donors (Lipinski definition) is 1. The van der Waals surface area contributed by atoms with Gasteiger partial charge in [-0.05, 0) is 91.5 Å². The van der Waals surface area contributed by atoms with Crippen molar-refractivity contribution >= 4 is 11.5 Å². The molecule has 1 heterocycles. The van der Waals surface area contributed by atoms with Crippen molar-refractivity contribution in [2.24, 2.45) is 5.92 Å². The van der Waals surface area contributed by atoms with Crippen LogP contribution in [-0.4, -0.2) is 18.5 Å². The highest BCUT2D eigenvalue weighted by Crippen LogP contribution is 2.33. The minimum absolute atomic E-state index is 0.0898. The Balaban J connectivity index is 1.46. The van der Waals surface area contributed by atoms with Gasteiger partial charge in [-0.3, -0.25) is 4.79 Å². The molecule has 3 heteroatoms. The second-order valence-electron chi connectivity index (χ2n) is 9.59. The molecule has 0 amide bonds. The van der Waals surface area contributed by atoms with Crippen molar-refractivity contribution in [3.05, 3.63) is 89.6 Å². The van der Waals surface area contributed by atoms with E-state index in [1.165, 1.54) is 22.3 Å². The molecule has 0 spiro atoms. The molecule has 2 atom stereocenters. The molecule has 4 rings (SSSR count). The summed E-state index contributed by atoms with van der Waals surface area (Å²) in [7, 11) is 0. The van der Waals surface area contributed by atoms with Crippen LogP contribution in [0.15, 0.2) is 72.9 Å². The summed E-state index contributed by atoms with van der Waals surface area (Å²) in [5, 5.41) is 3.56. The first-order valence-corrected chi connectivity index (χ1v) is 12.2. The Morgan fingerprint density at radius 2 is 1.59 bits per heavy atom. The highest BCUT2D eigenvalue weighted by atomic mass is 16.5. The Bertz CT molecular complexity index is 1180. The predicted octanol–water partition coefficient (Wildman–Crippen LogP) is 7.97. The topological polar surface area (TPSA) is 38.3 Å². The molecule has 1 aliphatic rings. The summed E-state index contributed by atoms with van der Waals surface area (Å²) in [5.74, 6) is 0.648. The maximum absolute atomic E-state index is 11.5. The number of ether oxygens (including phenoxy) is 1. The average molecular weight is 454 g/mol. The van der Waals surface area contributed by atoms with Gasteiger partial charge in [-0.1, -0.05) is 62.0 Å². The van der Waals surface area contributed by atoms with Gasteiger partial charge in [-0.2, -0.15) is 0 Å². The van der Waals surface area contributed by atoms with Crippen LogP contribution < -0.4 is 5.32 Å². The van der Waals surface area contributed by atoms with E-state index in [2.05, 4.69) is 69.1 Å². The molecule has 176 valence electrons. The fourth-order valence-electron chi connectivity index (χ4n) is 4.80. The molecular weight excluding hydrogens is 418 g/mol. The molecule has 3 aromatic rings. The SMILES string of the molecule is C=C(C[C@@H]1CO[C@H](CC)C1)Nc1cc(C)c(-c2ccc(-c3ccc(C(C)=O)cc3)cc2)cc1C. The molecule has 0 bridgehead atoms. The lowest BCUT2D eigenvalue weighted by Gasteiger charge is -2.17. The number of nitrogens with one attached hydrogen (secondary N) is 1. The Morgan fingerprint density at radius 1 is 0.971 bits per heavy atom. The number of rotatable bonds is 8. The summed E-state index contributed by atoms with van der Waals surface area (Å²) in [6, 6.07) is 20.9. The minimum Gasteiger partial charge on any atom is -0.378 e.